The molecule has 0 rings (SSSR count). The summed E-state index contributed by atoms with van der Waals surface area (Å²) in [5.41, 5.74) is 0. The summed E-state index contributed by atoms with van der Waals surface area (Å²) in [6.45, 7) is 17.9. The van der Waals surface area contributed by atoms with Crippen molar-refractivity contribution in [1.29, 1.82) is 0 Å². The van der Waals surface area contributed by atoms with Gasteiger partial charge in [-0.3, -0.25) is 0 Å². The average Bonchev–Trinajstić information content (AvgIpc) is 3.03. The molecule has 0 saturated heterocycles. The Morgan fingerprint density at radius 3 is 0.822 bits per heavy atom. The summed E-state index contributed by atoms with van der Waals surface area (Å²) in [5.74, 6) is 0. The van der Waals surface area contributed by atoms with E-state index in [1.165, 1.54) is 0 Å². The van der Waals surface area contributed by atoms with Gasteiger partial charge < -0.3 is 65.4 Å². The molecule has 0 heterocycles. The van der Waals surface area contributed by atoms with E-state index < -0.39 is 28.1 Å². The maximum Gasteiger partial charge on any atom is 0.313 e. The van der Waals surface area contributed by atoms with Gasteiger partial charge in [-0.15, -0.1) is 0 Å². The third-order valence-corrected chi connectivity index (χ3v) is 14.2. The van der Waals surface area contributed by atoms with Gasteiger partial charge in [0.1, 0.15) is 19.5 Å². The van der Waals surface area contributed by atoms with Crippen molar-refractivity contribution < 1.29 is 65.4 Å². The Balaban J connectivity index is 3.13. The predicted molar refractivity (Wildman–Crippen MR) is 178 cm³/mol. The second kappa shape index (κ2) is 38.5. The van der Waals surface area contributed by atoms with Crippen LogP contribution in [-0.2, 0) is 60.3 Å². The quantitative estimate of drug-likeness (QED) is 0.0671. The number of hydrogen-bond acceptors (Lipinski definition) is 14. The van der Waals surface area contributed by atoms with E-state index in [2.05, 4.69) is 19.6 Å². The molecule has 0 spiro atoms. The topological polar surface area (TPSA) is 140 Å². The van der Waals surface area contributed by atoms with Gasteiger partial charge in [-0.05, 0) is 19.0 Å². The van der Waals surface area contributed by atoms with Crippen LogP contribution >= 0.6 is 0 Å². The Labute approximate surface area is 277 Å². The van der Waals surface area contributed by atoms with E-state index in [1.54, 1.807) is 0 Å². The van der Waals surface area contributed by atoms with Gasteiger partial charge in [0.25, 0.3) is 0 Å². The fraction of sp³-hybridized carbons (Fsp3) is 1.00. The smallest absolute Gasteiger partial charge is 0.313 e. The van der Waals surface area contributed by atoms with Gasteiger partial charge in [0, 0.05) is 6.61 Å². The van der Waals surface area contributed by atoms with Crippen molar-refractivity contribution in [1.82, 2.24) is 0 Å². The molecule has 0 aromatic carbocycles. The normalized spacial score (nSPS) is 13.6. The highest BCUT2D eigenvalue weighted by Gasteiger charge is 2.28. The van der Waals surface area contributed by atoms with E-state index in [0.717, 1.165) is 12.5 Å². The third-order valence-electron chi connectivity index (χ3n) is 5.77. The minimum absolute atomic E-state index is 0.0263. The summed E-state index contributed by atoms with van der Waals surface area (Å²) in [6.07, 6.45) is 0.975. The van der Waals surface area contributed by atoms with Crippen molar-refractivity contribution in [3.8, 4) is 0 Å². The standard InChI is InChI=1S/C28H64O14Si3/c1-43-41-45(3,42-44-2)28-4-6-30-8-10-32-12-14-34-16-18-36-20-22-38-24-26-40-27-25-39-23-21-37-19-17-35-15-13-33-11-9-31-7-5-29/h29H,4-28,43-44H2,1-3H3. The van der Waals surface area contributed by atoms with Crippen molar-refractivity contribution in [2.24, 2.45) is 0 Å². The van der Waals surface area contributed by atoms with Crippen LogP contribution in [0.15, 0.2) is 0 Å². The van der Waals surface area contributed by atoms with Gasteiger partial charge in [-0.25, -0.2) is 0 Å². The largest absolute Gasteiger partial charge is 0.442 e. The number of hydrogen-bond donors (Lipinski definition) is 1. The zero-order valence-corrected chi connectivity index (χ0v) is 32.2. The zero-order chi connectivity index (χ0) is 32.8. The van der Waals surface area contributed by atoms with E-state index >= 15 is 0 Å². The second-order valence-corrected chi connectivity index (χ2v) is 15.8. The molecule has 0 fully saturated rings. The summed E-state index contributed by atoms with van der Waals surface area (Å²) in [7, 11) is -2.78. The fourth-order valence-corrected chi connectivity index (χ4v) is 11.6. The molecule has 0 atom stereocenters. The molecule has 0 radical (unpaired) electrons. The van der Waals surface area contributed by atoms with Gasteiger partial charge in [0.2, 0.25) is 0 Å². The summed E-state index contributed by atoms with van der Waals surface area (Å²) < 4.78 is 71.9. The lowest BCUT2D eigenvalue weighted by Crippen LogP contribution is -2.40. The number of aliphatic hydroxyl groups excluding tert-OH is 1. The molecule has 17 heteroatoms. The van der Waals surface area contributed by atoms with E-state index in [0.29, 0.717) is 145 Å². The van der Waals surface area contributed by atoms with Crippen molar-refractivity contribution in [3.05, 3.63) is 0 Å². The lowest BCUT2D eigenvalue weighted by molar-refractivity contribution is -0.0278. The van der Waals surface area contributed by atoms with E-state index in [4.69, 9.17) is 65.4 Å². The molecular formula is C28H64O14Si3. The van der Waals surface area contributed by atoms with Gasteiger partial charge in [0.05, 0.1) is 145 Å². The van der Waals surface area contributed by atoms with Crippen LogP contribution in [-0.4, -0.2) is 185 Å². The first-order chi connectivity index (χ1) is 22.2. The van der Waals surface area contributed by atoms with Gasteiger partial charge in [0.15, 0.2) is 0 Å². The van der Waals surface area contributed by atoms with Crippen LogP contribution in [0.25, 0.3) is 0 Å². The molecule has 0 aliphatic rings. The van der Waals surface area contributed by atoms with Crippen LogP contribution in [0.3, 0.4) is 0 Å². The maximum atomic E-state index is 8.58. The summed E-state index contributed by atoms with van der Waals surface area (Å²) in [5, 5.41) is 8.58. The Morgan fingerprint density at radius 2 is 0.600 bits per heavy atom. The first-order valence-electron chi connectivity index (χ1n) is 16.4. The molecule has 0 aliphatic carbocycles. The van der Waals surface area contributed by atoms with Gasteiger partial charge in [-0.1, -0.05) is 13.1 Å². The molecule has 0 aliphatic heterocycles. The van der Waals surface area contributed by atoms with Crippen LogP contribution < -0.4 is 0 Å². The molecule has 0 bridgehead atoms. The fourth-order valence-electron chi connectivity index (χ4n) is 3.66. The van der Waals surface area contributed by atoms with Gasteiger partial charge in [-0.2, -0.15) is 0 Å². The van der Waals surface area contributed by atoms with Crippen molar-refractivity contribution in [2.45, 2.75) is 32.1 Å². The Kier molecular flexibility index (Phi) is 38.6. The molecule has 0 amide bonds. The lowest BCUT2D eigenvalue weighted by Gasteiger charge is -2.27. The molecule has 45 heavy (non-hydrogen) atoms. The van der Waals surface area contributed by atoms with Crippen LogP contribution in [0, 0.1) is 0 Å². The minimum atomic E-state index is -1.92. The van der Waals surface area contributed by atoms with Crippen molar-refractivity contribution in [2.75, 3.05) is 152 Å². The molecule has 0 unspecified atom stereocenters. The molecular weight excluding hydrogens is 645 g/mol. The van der Waals surface area contributed by atoms with Crippen LogP contribution in [0.1, 0.15) is 6.42 Å². The first kappa shape index (κ1) is 45.1. The summed E-state index contributed by atoms with van der Waals surface area (Å²) >= 11 is 0. The first-order valence-corrected chi connectivity index (χ1v) is 22.9. The zero-order valence-electron chi connectivity index (χ0n) is 28.3. The molecule has 14 nitrogen and oxygen atoms in total. The van der Waals surface area contributed by atoms with E-state index in [9.17, 15) is 0 Å². The van der Waals surface area contributed by atoms with Crippen LogP contribution in [0.4, 0.5) is 0 Å². The Hall–Kier alpha value is 0.0906. The van der Waals surface area contributed by atoms with E-state index in [1.807, 2.05) is 0 Å². The van der Waals surface area contributed by atoms with Crippen LogP contribution in [0.5, 0.6) is 0 Å². The number of ether oxygens (including phenoxy) is 11. The molecule has 272 valence electrons. The Bertz CT molecular complexity index is 555. The highest BCUT2D eigenvalue weighted by Crippen LogP contribution is 2.14. The van der Waals surface area contributed by atoms with Crippen molar-refractivity contribution in [3.63, 3.8) is 0 Å². The SMILES string of the molecule is C[SiH2]O[Si](C)(CCCOCCOCCOCCOCCOCCOCCOCCOCCOCCOCCOCCO)O[SiH2]C. The molecule has 1 N–H and O–H groups in total. The molecule has 0 saturated carbocycles. The number of rotatable bonds is 40. The summed E-state index contributed by atoms with van der Waals surface area (Å²) in [6, 6.07) is 1.00. The van der Waals surface area contributed by atoms with Gasteiger partial charge >= 0.3 is 8.56 Å². The van der Waals surface area contributed by atoms with Crippen molar-refractivity contribution >= 4 is 28.1 Å². The minimum Gasteiger partial charge on any atom is -0.442 e. The van der Waals surface area contributed by atoms with Crippen LogP contribution in [0.2, 0.25) is 25.7 Å². The summed E-state index contributed by atoms with van der Waals surface area (Å²) in [4.78, 5) is 0. The van der Waals surface area contributed by atoms with E-state index in [-0.39, 0.29) is 6.61 Å². The third kappa shape index (κ3) is 36.8. The predicted octanol–water partition coefficient (Wildman–Crippen LogP) is -0.0796. The molecule has 0 aromatic rings. The lowest BCUT2D eigenvalue weighted by atomic mass is 10.5. The monoisotopic (exact) mass is 708 g/mol. The number of aliphatic hydroxyl groups is 1. The maximum absolute atomic E-state index is 8.58. The second-order valence-electron chi connectivity index (χ2n) is 9.56. The Morgan fingerprint density at radius 1 is 0.378 bits per heavy atom. The average molecular weight is 709 g/mol. The molecule has 0 aromatic heterocycles. The highest BCUT2D eigenvalue weighted by atomic mass is 28.4. The highest BCUT2D eigenvalue weighted by molar-refractivity contribution is 6.74.